The van der Waals surface area contributed by atoms with Gasteiger partial charge in [0.05, 0.1) is 17.6 Å². The minimum atomic E-state index is 0.136. The second-order valence-corrected chi connectivity index (χ2v) is 5.47. The molecule has 0 aromatic carbocycles. The Morgan fingerprint density at radius 1 is 1.45 bits per heavy atom. The van der Waals surface area contributed by atoms with Crippen molar-refractivity contribution in [3.63, 3.8) is 0 Å². The van der Waals surface area contributed by atoms with E-state index in [-0.39, 0.29) is 6.61 Å². The van der Waals surface area contributed by atoms with Crippen LogP contribution in [-0.2, 0) is 13.0 Å². The molecule has 0 fully saturated rings. The number of aliphatic hydroxyl groups excluding tert-OH is 1. The van der Waals surface area contributed by atoms with Gasteiger partial charge in [0, 0.05) is 12.8 Å². The maximum atomic E-state index is 8.91. The first kappa shape index (κ1) is 13.1. The molecular formula is C14H15N3O2S. The van der Waals surface area contributed by atoms with E-state index in [1.165, 1.54) is 0 Å². The summed E-state index contributed by atoms with van der Waals surface area (Å²) < 4.78 is 7.52. The Hall–Kier alpha value is -1.92. The Labute approximate surface area is 120 Å². The average molecular weight is 289 g/mol. The molecule has 3 aromatic rings. The van der Waals surface area contributed by atoms with Gasteiger partial charge in [0.1, 0.15) is 11.5 Å². The van der Waals surface area contributed by atoms with Crippen molar-refractivity contribution in [3.8, 4) is 10.8 Å². The van der Waals surface area contributed by atoms with Gasteiger partial charge >= 0.3 is 0 Å². The highest BCUT2D eigenvalue weighted by Gasteiger charge is 2.13. The summed E-state index contributed by atoms with van der Waals surface area (Å²) in [4.78, 5) is 5.56. The number of aromatic nitrogens is 3. The van der Waals surface area contributed by atoms with Gasteiger partial charge in [-0.1, -0.05) is 6.07 Å². The van der Waals surface area contributed by atoms with Crippen LogP contribution in [0.5, 0.6) is 0 Å². The zero-order valence-corrected chi connectivity index (χ0v) is 11.9. The van der Waals surface area contributed by atoms with E-state index in [2.05, 4.69) is 10.1 Å². The molecule has 0 radical (unpaired) electrons. The van der Waals surface area contributed by atoms with Crippen LogP contribution in [-0.4, -0.2) is 26.5 Å². The number of aryl methyl sites for hydroxylation is 1. The number of thiophene rings is 1. The first-order valence-electron chi connectivity index (χ1n) is 6.38. The summed E-state index contributed by atoms with van der Waals surface area (Å²) in [7, 11) is 0. The van der Waals surface area contributed by atoms with Gasteiger partial charge in [-0.05, 0) is 30.4 Å². The first-order valence-corrected chi connectivity index (χ1v) is 7.26. The molecule has 0 atom stereocenters. The largest absolute Gasteiger partial charge is 0.440 e. The summed E-state index contributed by atoms with van der Waals surface area (Å²) in [5, 5.41) is 15.2. The Morgan fingerprint density at radius 3 is 3.10 bits per heavy atom. The van der Waals surface area contributed by atoms with Gasteiger partial charge in [0.2, 0.25) is 5.89 Å². The summed E-state index contributed by atoms with van der Waals surface area (Å²) in [6.45, 7) is 2.63. The van der Waals surface area contributed by atoms with Crippen molar-refractivity contribution in [2.45, 2.75) is 19.9 Å². The minimum Gasteiger partial charge on any atom is -0.440 e. The number of nitrogens with zero attached hydrogens (tertiary/aromatic N) is 3. The van der Waals surface area contributed by atoms with E-state index < -0.39 is 0 Å². The topological polar surface area (TPSA) is 64.1 Å². The van der Waals surface area contributed by atoms with Crippen LogP contribution in [0.4, 0.5) is 0 Å². The van der Waals surface area contributed by atoms with Crippen molar-refractivity contribution in [3.05, 3.63) is 46.9 Å². The van der Waals surface area contributed by atoms with Gasteiger partial charge in [0.25, 0.3) is 0 Å². The molecule has 20 heavy (non-hydrogen) atoms. The first-order chi connectivity index (χ1) is 9.76. The monoisotopic (exact) mass is 289 g/mol. The third-order valence-electron chi connectivity index (χ3n) is 3.02. The van der Waals surface area contributed by atoms with Gasteiger partial charge in [-0.15, -0.1) is 11.3 Å². The van der Waals surface area contributed by atoms with E-state index in [0.29, 0.717) is 18.9 Å². The van der Waals surface area contributed by atoms with Crippen LogP contribution < -0.4 is 0 Å². The lowest BCUT2D eigenvalue weighted by molar-refractivity contribution is 0.299. The van der Waals surface area contributed by atoms with E-state index in [4.69, 9.17) is 9.52 Å². The normalized spacial score (nSPS) is 11.1. The average Bonchev–Trinajstić information content (AvgIpc) is 3.13. The SMILES string of the molecule is Cc1oc(-c2cccs2)nc1Cn1cc(CCO)cn1. The number of oxazole rings is 1. The molecule has 0 saturated heterocycles. The molecule has 0 aliphatic rings. The highest BCUT2D eigenvalue weighted by molar-refractivity contribution is 7.13. The fourth-order valence-corrected chi connectivity index (χ4v) is 2.63. The number of aliphatic hydroxyl groups is 1. The molecule has 0 spiro atoms. The standard InChI is InChI=1S/C14H15N3O2S/c1-10-12(9-17-8-11(4-5-18)7-15-17)16-14(19-10)13-3-2-6-20-13/h2-3,6-8,18H,4-5,9H2,1H3. The maximum Gasteiger partial charge on any atom is 0.236 e. The highest BCUT2D eigenvalue weighted by Crippen LogP contribution is 2.26. The fourth-order valence-electron chi connectivity index (χ4n) is 1.98. The van der Waals surface area contributed by atoms with Crippen LogP contribution in [0.3, 0.4) is 0 Å². The third kappa shape index (κ3) is 2.66. The molecule has 104 valence electrons. The zero-order chi connectivity index (χ0) is 13.9. The molecular weight excluding hydrogens is 274 g/mol. The number of hydrogen-bond donors (Lipinski definition) is 1. The minimum absolute atomic E-state index is 0.136. The summed E-state index contributed by atoms with van der Waals surface area (Å²) in [6, 6.07) is 3.97. The van der Waals surface area contributed by atoms with Crippen molar-refractivity contribution >= 4 is 11.3 Å². The van der Waals surface area contributed by atoms with Gasteiger partial charge in [-0.25, -0.2) is 4.98 Å². The zero-order valence-electron chi connectivity index (χ0n) is 11.1. The number of hydrogen-bond acceptors (Lipinski definition) is 5. The lowest BCUT2D eigenvalue weighted by atomic mass is 10.3. The molecule has 5 nitrogen and oxygen atoms in total. The van der Waals surface area contributed by atoms with E-state index >= 15 is 0 Å². The second-order valence-electron chi connectivity index (χ2n) is 4.52. The Balaban J connectivity index is 1.80. The van der Waals surface area contributed by atoms with E-state index in [9.17, 15) is 0 Å². The molecule has 0 saturated carbocycles. The Kier molecular flexibility index (Phi) is 3.66. The van der Waals surface area contributed by atoms with Crippen LogP contribution in [0, 0.1) is 6.92 Å². The molecule has 0 aliphatic carbocycles. The van der Waals surface area contributed by atoms with Crippen LogP contribution in [0.25, 0.3) is 10.8 Å². The van der Waals surface area contributed by atoms with Crippen LogP contribution in [0.2, 0.25) is 0 Å². The molecule has 0 bridgehead atoms. The summed E-state index contributed by atoms with van der Waals surface area (Å²) >= 11 is 1.61. The van der Waals surface area contributed by atoms with Crippen molar-refractivity contribution < 1.29 is 9.52 Å². The van der Waals surface area contributed by atoms with Gasteiger partial charge in [-0.2, -0.15) is 5.10 Å². The van der Waals surface area contributed by atoms with Gasteiger partial charge in [-0.3, -0.25) is 4.68 Å². The van der Waals surface area contributed by atoms with E-state index in [0.717, 1.165) is 21.9 Å². The molecule has 0 amide bonds. The van der Waals surface area contributed by atoms with E-state index in [1.807, 2.05) is 35.3 Å². The molecule has 0 unspecified atom stereocenters. The highest BCUT2D eigenvalue weighted by atomic mass is 32.1. The molecule has 3 rings (SSSR count). The van der Waals surface area contributed by atoms with Crippen LogP contribution in [0.15, 0.2) is 34.3 Å². The molecule has 3 heterocycles. The van der Waals surface area contributed by atoms with Crippen LogP contribution in [0.1, 0.15) is 17.0 Å². The smallest absolute Gasteiger partial charge is 0.236 e. The quantitative estimate of drug-likeness (QED) is 0.784. The van der Waals surface area contributed by atoms with Gasteiger partial charge in [0.15, 0.2) is 0 Å². The van der Waals surface area contributed by atoms with Crippen molar-refractivity contribution in [1.82, 2.24) is 14.8 Å². The van der Waals surface area contributed by atoms with Crippen molar-refractivity contribution in [2.75, 3.05) is 6.61 Å². The predicted octanol–water partition coefficient (Wildman–Crippen LogP) is 2.49. The second kappa shape index (κ2) is 5.60. The molecule has 1 N–H and O–H groups in total. The Morgan fingerprint density at radius 2 is 2.35 bits per heavy atom. The lowest BCUT2D eigenvalue weighted by Crippen LogP contribution is -2.01. The van der Waals surface area contributed by atoms with Crippen LogP contribution >= 0.6 is 11.3 Å². The van der Waals surface area contributed by atoms with Gasteiger partial charge < -0.3 is 9.52 Å². The third-order valence-corrected chi connectivity index (χ3v) is 3.88. The summed E-state index contributed by atoms with van der Waals surface area (Å²) in [5.41, 5.74) is 1.90. The maximum absolute atomic E-state index is 8.91. The Bertz CT molecular complexity index is 685. The molecule has 0 aliphatic heterocycles. The fraction of sp³-hybridized carbons (Fsp3) is 0.286. The molecule has 6 heteroatoms. The van der Waals surface area contributed by atoms with Crippen molar-refractivity contribution in [1.29, 1.82) is 0 Å². The lowest BCUT2D eigenvalue weighted by Gasteiger charge is -1.97. The summed E-state index contributed by atoms with van der Waals surface area (Å²) in [5.74, 6) is 1.47. The molecule has 3 aromatic heterocycles. The predicted molar refractivity (Wildman–Crippen MR) is 76.7 cm³/mol. The van der Waals surface area contributed by atoms with Crippen molar-refractivity contribution in [2.24, 2.45) is 0 Å². The number of rotatable bonds is 5. The summed E-state index contributed by atoms with van der Waals surface area (Å²) in [6.07, 6.45) is 4.32. The van der Waals surface area contributed by atoms with E-state index in [1.54, 1.807) is 17.5 Å².